The quantitative estimate of drug-likeness (QED) is 0.203. The minimum atomic E-state index is -0.879. The van der Waals surface area contributed by atoms with Gasteiger partial charge in [-0.15, -0.1) is 0 Å². The molecule has 224 valence electrons. The molecule has 2 heterocycles. The number of hydrogen-bond acceptors (Lipinski definition) is 8. The lowest BCUT2D eigenvalue weighted by Gasteiger charge is -2.17. The third-order valence-corrected chi connectivity index (χ3v) is 6.41. The normalized spacial score (nSPS) is 14.4. The summed E-state index contributed by atoms with van der Waals surface area (Å²) in [4.78, 5) is 33.4. The molecule has 1 fully saturated rings. The lowest BCUT2D eigenvalue weighted by molar-refractivity contribution is -0.111. The number of carbonyl (C=O) groups is 2. The van der Waals surface area contributed by atoms with E-state index in [2.05, 4.69) is 20.6 Å². The number of hydrogen-bond donors (Lipinski definition) is 3. The van der Waals surface area contributed by atoms with E-state index < -0.39 is 11.8 Å². The second-order valence-corrected chi connectivity index (χ2v) is 10.2. The Hall–Kier alpha value is -4.58. The molecule has 1 atom stereocenters. The molecule has 1 aliphatic rings. The predicted octanol–water partition coefficient (Wildman–Crippen LogP) is 5.77. The summed E-state index contributed by atoms with van der Waals surface area (Å²) in [6, 6.07) is 16.1. The largest absolute Gasteiger partial charge is 0.486 e. The lowest BCUT2D eigenvalue weighted by atomic mass is 10.1. The number of nitrogens with one attached hydrogen (secondary N) is 2. The molecule has 4 aromatic rings. The number of amides is 1. The van der Waals surface area contributed by atoms with Crippen molar-refractivity contribution in [2.75, 3.05) is 44.5 Å². The molecule has 12 heteroatoms. The molecule has 1 aliphatic heterocycles. The number of carbonyl (C=O) groups excluding carboxylic acids is 1. The van der Waals surface area contributed by atoms with Crippen LogP contribution in [0.1, 0.15) is 16.8 Å². The van der Waals surface area contributed by atoms with Crippen LogP contribution in [-0.2, 0) is 9.53 Å². The molecule has 0 saturated carbocycles. The number of aromatic nitrogens is 2. The van der Waals surface area contributed by atoms with Crippen LogP contribution in [0, 0.1) is 5.82 Å². The fraction of sp³-hybridized carbons (Fsp3) is 0.226. The van der Waals surface area contributed by atoms with E-state index in [9.17, 15) is 14.0 Å². The number of anilines is 3. The van der Waals surface area contributed by atoms with Crippen LogP contribution in [0.5, 0.6) is 5.75 Å². The van der Waals surface area contributed by atoms with Gasteiger partial charge in [0.25, 0.3) is 0 Å². The highest BCUT2D eigenvalue weighted by molar-refractivity contribution is 6.31. The third kappa shape index (κ3) is 9.20. The Balaban J connectivity index is 0.000000403. The predicted molar refractivity (Wildman–Crippen MR) is 164 cm³/mol. The fourth-order valence-electron chi connectivity index (χ4n) is 4.00. The fourth-order valence-corrected chi connectivity index (χ4v) is 4.18. The van der Waals surface area contributed by atoms with E-state index in [1.165, 1.54) is 24.5 Å². The highest BCUT2D eigenvalue weighted by Gasteiger charge is 2.21. The number of carboxylic acid groups (broad SMARTS) is 1. The van der Waals surface area contributed by atoms with Gasteiger partial charge in [-0.3, -0.25) is 4.79 Å². The van der Waals surface area contributed by atoms with E-state index in [0.29, 0.717) is 59.2 Å². The molecule has 10 nitrogen and oxygen atoms in total. The summed E-state index contributed by atoms with van der Waals surface area (Å²) in [5, 5.41) is 15.1. The first-order valence-corrected chi connectivity index (χ1v) is 13.7. The molecule has 5 rings (SSSR count). The van der Waals surface area contributed by atoms with Crippen molar-refractivity contribution in [3.63, 3.8) is 0 Å². The molecule has 1 saturated heterocycles. The van der Waals surface area contributed by atoms with Gasteiger partial charge in [0.2, 0.25) is 5.91 Å². The van der Waals surface area contributed by atoms with Gasteiger partial charge in [0.05, 0.1) is 35.0 Å². The molecule has 0 unspecified atom stereocenters. The molecule has 0 radical (unpaired) electrons. The number of aromatic carboxylic acids is 1. The van der Waals surface area contributed by atoms with Crippen LogP contribution in [0.2, 0.25) is 5.02 Å². The average Bonchev–Trinajstić information content (AvgIpc) is 3.49. The summed E-state index contributed by atoms with van der Waals surface area (Å²) in [5.74, 6) is -0.709. The smallest absolute Gasteiger partial charge is 0.335 e. The van der Waals surface area contributed by atoms with Crippen LogP contribution in [-0.4, -0.2) is 71.8 Å². The lowest BCUT2D eigenvalue weighted by Crippen LogP contribution is -2.18. The minimum Gasteiger partial charge on any atom is -0.486 e. The molecule has 0 bridgehead atoms. The van der Waals surface area contributed by atoms with Gasteiger partial charge >= 0.3 is 5.97 Å². The van der Waals surface area contributed by atoms with Crippen LogP contribution in [0.3, 0.4) is 0 Å². The second kappa shape index (κ2) is 15.1. The van der Waals surface area contributed by atoms with Gasteiger partial charge in [0.1, 0.15) is 29.8 Å². The van der Waals surface area contributed by atoms with Gasteiger partial charge < -0.3 is 30.1 Å². The number of halogens is 2. The van der Waals surface area contributed by atoms with E-state index in [1.807, 2.05) is 19.0 Å². The van der Waals surface area contributed by atoms with E-state index in [4.69, 9.17) is 26.2 Å². The standard InChI is InChI=1S/C24H25ClFN5O3.C7H6O2/c1-31(2)8-3-4-23(32)30-21-11-17-20(12-22(21)34-16-7-9-33-13-16)27-14-28-24(17)29-15-5-6-19(26)18(25)10-15;8-7(9)6-4-2-1-3-5-6/h3-6,10-12,14,16H,7-9,13H2,1-2H3,(H,30,32)(H,27,28,29);1-5H,(H,8,9)/b4-3+;/t16-;/m0./s1. The van der Waals surface area contributed by atoms with Crippen molar-refractivity contribution in [1.29, 1.82) is 0 Å². The molecule has 43 heavy (non-hydrogen) atoms. The topological polar surface area (TPSA) is 126 Å². The SMILES string of the molecule is CN(C)C/C=C/C(=O)Nc1cc2c(Nc3ccc(F)c(Cl)c3)ncnc2cc1O[C@H]1CCOC1.O=C(O)c1ccccc1. The zero-order valence-electron chi connectivity index (χ0n) is 23.6. The summed E-state index contributed by atoms with van der Waals surface area (Å²) in [7, 11) is 3.84. The summed E-state index contributed by atoms with van der Waals surface area (Å²) in [5.41, 5.74) is 1.99. The van der Waals surface area contributed by atoms with Crippen LogP contribution in [0.25, 0.3) is 10.9 Å². The summed E-state index contributed by atoms with van der Waals surface area (Å²) in [6.07, 6.45) is 5.32. The zero-order chi connectivity index (χ0) is 30.8. The first kappa shape index (κ1) is 31.4. The number of benzene rings is 3. The maximum Gasteiger partial charge on any atom is 0.335 e. The molecule has 3 aromatic carbocycles. The van der Waals surface area contributed by atoms with Crippen molar-refractivity contribution in [2.45, 2.75) is 12.5 Å². The zero-order valence-corrected chi connectivity index (χ0v) is 24.3. The van der Waals surface area contributed by atoms with Gasteiger partial charge in [-0.1, -0.05) is 35.9 Å². The third-order valence-electron chi connectivity index (χ3n) is 6.12. The van der Waals surface area contributed by atoms with Gasteiger partial charge in [-0.2, -0.15) is 0 Å². The number of likely N-dealkylation sites (N-methyl/N-ethyl adjacent to an activating group) is 1. The Morgan fingerprint density at radius 3 is 2.60 bits per heavy atom. The number of rotatable bonds is 9. The Morgan fingerprint density at radius 1 is 1.16 bits per heavy atom. The summed E-state index contributed by atoms with van der Waals surface area (Å²) < 4.78 is 25.1. The van der Waals surface area contributed by atoms with Crippen molar-refractivity contribution in [2.24, 2.45) is 0 Å². The van der Waals surface area contributed by atoms with Gasteiger partial charge in [0, 0.05) is 36.2 Å². The van der Waals surface area contributed by atoms with Crippen molar-refractivity contribution < 1.29 is 28.6 Å². The summed E-state index contributed by atoms with van der Waals surface area (Å²) >= 11 is 5.91. The van der Waals surface area contributed by atoms with Crippen molar-refractivity contribution in [3.8, 4) is 5.75 Å². The van der Waals surface area contributed by atoms with Crippen molar-refractivity contribution in [3.05, 3.63) is 95.5 Å². The van der Waals surface area contributed by atoms with E-state index in [0.717, 1.165) is 6.42 Å². The number of fused-ring (bicyclic) bond motifs is 1. The Kier molecular flexibility index (Phi) is 11.0. The monoisotopic (exact) mass is 607 g/mol. The van der Waals surface area contributed by atoms with Gasteiger partial charge in [0.15, 0.2) is 0 Å². The Bertz CT molecular complexity index is 1600. The van der Waals surface area contributed by atoms with Crippen LogP contribution < -0.4 is 15.4 Å². The molecular weight excluding hydrogens is 577 g/mol. The van der Waals surface area contributed by atoms with Crippen LogP contribution in [0.4, 0.5) is 21.6 Å². The van der Waals surface area contributed by atoms with Gasteiger partial charge in [-0.25, -0.2) is 19.2 Å². The molecule has 0 aliphatic carbocycles. The van der Waals surface area contributed by atoms with Gasteiger partial charge in [-0.05, 0) is 50.5 Å². The van der Waals surface area contributed by atoms with Crippen LogP contribution >= 0.6 is 11.6 Å². The number of nitrogens with zero attached hydrogens (tertiary/aromatic N) is 3. The molecule has 1 amide bonds. The van der Waals surface area contributed by atoms with Crippen LogP contribution in [0.15, 0.2) is 79.1 Å². The van der Waals surface area contributed by atoms with E-state index >= 15 is 0 Å². The number of carboxylic acids is 1. The van der Waals surface area contributed by atoms with E-state index in [-0.39, 0.29) is 17.0 Å². The maximum atomic E-state index is 13.6. The first-order chi connectivity index (χ1) is 20.7. The average molecular weight is 608 g/mol. The molecular formula is C31H31ClFN5O5. The molecule has 0 spiro atoms. The highest BCUT2D eigenvalue weighted by atomic mass is 35.5. The minimum absolute atomic E-state index is 0.00436. The molecule has 3 N–H and O–H groups in total. The van der Waals surface area contributed by atoms with E-state index in [1.54, 1.807) is 54.6 Å². The number of ether oxygens (including phenoxy) is 2. The Morgan fingerprint density at radius 2 is 1.95 bits per heavy atom. The summed E-state index contributed by atoms with van der Waals surface area (Å²) in [6.45, 7) is 1.75. The van der Waals surface area contributed by atoms with Crippen molar-refractivity contribution in [1.82, 2.24) is 14.9 Å². The second-order valence-electron chi connectivity index (χ2n) is 9.77. The Labute approximate surface area is 253 Å². The first-order valence-electron chi connectivity index (χ1n) is 13.4. The maximum absolute atomic E-state index is 13.6. The van der Waals surface area contributed by atoms with Crippen molar-refractivity contribution >= 4 is 51.6 Å². The molecule has 1 aromatic heterocycles. The highest BCUT2D eigenvalue weighted by Crippen LogP contribution is 2.35.